The molecule has 1 atom stereocenters. The number of carbonyl (C=O) groups excluding carboxylic acids is 1. The van der Waals surface area contributed by atoms with Gasteiger partial charge in [0.05, 0.1) is 10.7 Å². The molecule has 0 unspecified atom stereocenters. The average molecular weight is 366 g/mol. The van der Waals surface area contributed by atoms with E-state index in [2.05, 4.69) is 31.3 Å². The Hall–Kier alpha value is -1.58. The van der Waals surface area contributed by atoms with E-state index in [0.29, 0.717) is 21.7 Å². The van der Waals surface area contributed by atoms with Gasteiger partial charge in [0, 0.05) is 24.1 Å². The zero-order chi connectivity index (χ0) is 17.7. The average Bonchev–Trinajstić information content (AvgIpc) is 2.58. The minimum absolute atomic E-state index is 0.125. The zero-order valence-corrected chi connectivity index (χ0v) is 15.7. The fourth-order valence-electron chi connectivity index (χ4n) is 2.70. The van der Waals surface area contributed by atoms with Crippen molar-refractivity contribution >= 4 is 34.8 Å². The zero-order valence-electron chi connectivity index (χ0n) is 14.2. The van der Waals surface area contributed by atoms with Crippen LogP contribution in [0, 0.1) is 0 Å². The summed E-state index contributed by atoms with van der Waals surface area (Å²) in [5, 5.41) is 3.81. The third-order valence-electron chi connectivity index (χ3n) is 4.35. The molecule has 128 valence electrons. The maximum Gasteiger partial charge on any atom is 0.293 e. The molecule has 0 aliphatic carbocycles. The first-order chi connectivity index (χ1) is 11.5. The summed E-state index contributed by atoms with van der Waals surface area (Å²) < 4.78 is 1.89. The Kier molecular flexibility index (Phi) is 6.64. The Balaban J connectivity index is 2.10. The summed E-state index contributed by atoms with van der Waals surface area (Å²) in [6.07, 6.45) is 6.15. The molecule has 0 aliphatic heterocycles. The van der Waals surface area contributed by atoms with E-state index >= 15 is 0 Å². The van der Waals surface area contributed by atoms with E-state index in [9.17, 15) is 4.79 Å². The van der Waals surface area contributed by atoms with Crippen molar-refractivity contribution in [1.82, 2.24) is 0 Å². The molecule has 3 nitrogen and oxygen atoms in total. The van der Waals surface area contributed by atoms with Crippen LogP contribution in [-0.2, 0) is 4.79 Å². The van der Waals surface area contributed by atoms with E-state index in [1.165, 1.54) is 5.56 Å². The van der Waals surface area contributed by atoms with Gasteiger partial charge in [0.25, 0.3) is 5.91 Å². The van der Waals surface area contributed by atoms with E-state index < -0.39 is 0 Å². The van der Waals surface area contributed by atoms with Crippen molar-refractivity contribution in [3.8, 4) is 0 Å². The normalized spacial score (nSPS) is 12.2. The summed E-state index contributed by atoms with van der Waals surface area (Å²) in [6, 6.07) is 8.86. The maximum absolute atomic E-state index is 12.5. The molecule has 1 aromatic heterocycles. The molecule has 0 fully saturated rings. The highest BCUT2D eigenvalue weighted by Gasteiger charge is 2.23. The van der Waals surface area contributed by atoms with E-state index in [1.54, 1.807) is 18.2 Å². The van der Waals surface area contributed by atoms with Crippen LogP contribution in [0.5, 0.6) is 0 Å². The molecule has 0 bridgehead atoms. The molecule has 0 aliphatic rings. The monoisotopic (exact) mass is 365 g/mol. The third kappa shape index (κ3) is 4.49. The van der Waals surface area contributed by atoms with Gasteiger partial charge in [-0.1, -0.05) is 37.0 Å². The van der Waals surface area contributed by atoms with Crippen molar-refractivity contribution in [2.75, 3.05) is 5.32 Å². The Labute approximate surface area is 153 Å². The van der Waals surface area contributed by atoms with Crippen LogP contribution in [0.15, 0.2) is 42.7 Å². The van der Waals surface area contributed by atoms with Gasteiger partial charge in [-0.05, 0) is 42.5 Å². The number of halogens is 2. The molecule has 24 heavy (non-hydrogen) atoms. The summed E-state index contributed by atoms with van der Waals surface area (Å²) in [7, 11) is 0. The number of amides is 1. The minimum Gasteiger partial charge on any atom is -0.319 e. The lowest BCUT2D eigenvalue weighted by Crippen LogP contribution is -2.44. The number of hydrogen-bond acceptors (Lipinski definition) is 1. The first-order valence-electron chi connectivity index (χ1n) is 8.22. The molecule has 0 radical (unpaired) electrons. The van der Waals surface area contributed by atoms with Crippen LogP contribution in [-0.4, -0.2) is 5.91 Å². The summed E-state index contributed by atoms with van der Waals surface area (Å²) in [5.41, 5.74) is 1.87. The van der Waals surface area contributed by atoms with Crippen LogP contribution >= 0.6 is 23.2 Å². The van der Waals surface area contributed by atoms with Gasteiger partial charge < -0.3 is 5.32 Å². The summed E-state index contributed by atoms with van der Waals surface area (Å²) in [6.45, 7) is 6.25. The van der Waals surface area contributed by atoms with E-state index in [-0.39, 0.29) is 11.9 Å². The predicted molar refractivity (Wildman–Crippen MR) is 99.8 cm³/mol. The van der Waals surface area contributed by atoms with Gasteiger partial charge in [-0.2, -0.15) is 4.57 Å². The first-order valence-corrected chi connectivity index (χ1v) is 8.98. The molecule has 1 heterocycles. The highest BCUT2D eigenvalue weighted by molar-refractivity contribution is 6.36. The Morgan fingerprint density at radius 2 is 1.75 bits per heavy atom. The smallest absolute Gasteiger partial charge is 0.293 e. The molecule has 5 heteroatoms. The number of hydrogen-bond donors (Lipinski definition) is 1. The number of rotatable bonds is 6. The largest absolute Gasteiger partial charge is 0.319 e. The molecule has 1 aromatic carbocycles. The molecular formula is C19H23Cl2N2O+. The Morgan fingerprint density at radius 1 is 1.12 bits per heavy atom. The maximum atomic E-state index is 12.5. The van der Waals surface area contributed by atoms with Crippen LogP contribution in [0.1, 0.15) is 51.1 Å². The van der Waals surface area contributed by atoms with Crippen LogP contribution in [0.2, 0.25) is 10.0 Å². The topological polar surface area (TPSA) is 33.0 Å². The quantitative estimate of drug-likeness (QED) is 0.684. The van der Waals surface area contributed by atoms with Gasteiger partial charge in [-0.15, -0.1) is 0 Å². The lowest BCUT2D eigenvalue weighted by atomic mass is 9.95. The molecule has 0 saturated carbocycles. The number of aromatic nitrogens is 1. The molecular weight excluding hydrogens is 343 g/mol. The van der Waals surface area contributed by atoms with Crippen LogP contribution < -0.4 is 9.88 Å². The lowest BCUT2D eigenvalue weighted by Gasteiger charge is -2.13. The van der Waals surface area contributed by atoms with Crippen molar-refractivity contribution < 1.29 is 9.36 Å². The van der Waals surface area contributed by atoms with Gasteiger partial charge in [0.1, 0.15) is 0 Å². The lowest BCUT2D eigenvalue weighted by molar-refractivity contribution is -0.705. The fraction of sp³-hybridized carbons (Fsp3) is 0.368. The second kappa shape index (κ2) is 8.50. The Morgan fingerprint density at radius 3 is 2.29 bits per heavy atom. The SMILES string of the molecule is CCC(CC)c1cc[n+]([C@@H](C)C(=O)Nc2ccc(Cl)cc2Cl)cc1. The second-order valence-electron chi connectivity index (χ2n) is 5.88. The van der Waals surface area contributed by atoms with Crippen molar-refractivity contribution in [2.45, 2.75) is 45.6 Å². The molecule has 2 aromatic rings. The van der Waals surface area contributed by atoms with Gasteiger partial charge in [-0.3, -0.25) is 4.79 Å². The van der Waals surface area contributed by atoms with Gasteiger partial charge in [0.15, 0.2) is 12.4 Å². The van der Waals surface area contributed by atoms with E-state index in [4.69, 9.17) is 23.2 Å². The van der Waals surface area contributed by atoms with E-state index in [0.717, 1.165) is 12.8 Å². The predicted octanol–water partition coefficient (Wildman–Crippen LogP) is 5.38. The van der Waals surface area contributed by atoms with Gasteiger partial charge in [-0.25, -0.2) is 0 Å². The van der Waals surface area contributed by atoms with Crippen molar-refractivity contribution in [3.63, 3.8) is 0 Å². The van der Waals surface area contributed by atoms with Gasteiger partial charge in [0.2, 0.25) is 6.04 Å². The number of nitrogens with zero attached hydrogens (tertiary/aromatic N) is 1. The third-order valence-corrected chi connectivity index (χ3v) is 4.90. The molecule has 0 spiro atoms. The minimum atomic E-state index is -0.340. The van der Waals surface area contributed by atoms with Crippen LogP contribution in [0.25, 0.3) is 0 Å². The van der Waals surface area contributed by atoms with Crippen LogP contribution in [0.3, 0.4) is 0 Å². The number of carbonyl (C=O) groups is 1. The number of anilines is 1. The number of nitrogens with one attached hydrogen (secondary N) is 1. The second-order valence-corrected chi connectivity index (χ2v) is 6.73. The molecule has 2 rings (SSSR count). The first kappa shape index (κ1) is 18.8. The fourth-order valence-corrected chi connectivity index (χ4v) is 3.16. The summed E-state index contributed by atoms with van der Waals surface area (Å²) in [5.74, 6) is 0.441. The number of pyridine rings is 1. The standard InChI is InChI=1S/C19H22Cl2N2O/c1-4-14(5-2)15-8-10-23(11-9-15)13(3)19(24)22-18-7-6-16(20)12-17(18)21/h6-14H,4-5H2,1-3H3/p+1/t13-/m0/s1. The summed E-state index contributed by atoms with van der Waals surface area (Å²) in [4.78, 5) is 12.5. The van der Waals surface area contributed by atoms with Crippen molar-refractivity contribution in [3.05, 3.63) is 58.3 Å². The number of benzene rings is 1. The van der Waals surface area contributed by atoms with Crippen molar-refractivity contribution in [1.29, 1.82) is 0 Å². The Bertz CT molecular complexity index is 697. The molecule has 1 amide bonds. The highest BCUT2D eigenvalue weighted by Crippen LogP contribution is 2.26. The van der Waals surface area contributed by atoms with Gasteiger partial charge >= 0.3 is 0 Å². The van der Waals surface area contributed by atoms with E-state index in [1.807, 2.05) is 23.9 Å². The molecule has 1 N–H and O–H groups in total. The summed E-state index contributed by atoms with van der Waals surface area (Å²) >= 11 is 12.0. The van der Waals surface area contributed by atoms with Crippen molar-refractivity contribution in [2.24, 2.45) is 0 Å². The van der Waals surface area contributed by atoms with Crippen LogP contribution in [0.4, 0.5) is 5.69 Å². The molecule has 0 saturated heterocycles. The highest BCUT2D eigenvalue weighted by atomic mass is 35.5.